The van der Waals surface area contributed by atoms with E-state index in [0.717, 1.165) is 24.6 Å². The Hall–Kier alpha value is -2.62. The Kier molecular flexibility index (Phi) is 2.98. The predicted molar refractivity (Wildman–Crippen MR) is 104 cm³/mol. The van der Waals surface area contributed by atoms with E-state index in [0.29, 0.717) is 0 Å². The summed E-state index contributed by atoms with van der Waals surface area (Å²) in [6.45, 7) is 4.23. The van der Waals surface area contributed by atoms with Crippen molar-refractivity contribution in [2.24, 2.45) is 15.4 Å². The van der Waals surface area contributed by atoms with Crippen molar-refractivity contribution in [3.63, 3.8) is 0 Å². The number of hydrogen-bond donors (Lipinski definition) is 0. The van der Waals surface area contributed by atoms with Gasteiger partial charge in [-0.15, -0.1) is 0 Å². The molecule has 4 heteroatoms. The van der Waals surface area contributed by atoms with Gasteiger partial charge in [-0.05, 0) is 36.1 Å². The Morgan fingerprint density at radius 1 is 0.741 bits per heavy atom. The van der Waals surface area contributed by atoms with Gasteiger partial charge in [0.05, 0.1) is 0 Å². The summed E-state index contributed by atoms with van der Waals surface area (Å²) in [5, 5.41) is 0. The van der Waals surface area contributed by atoms with Crippen LogP contribution in [0.15, 0.2) is 58.5 Å². The van der Waals surface area contributed by atoms with E-state index in [4.69, 9.17) is 19.5 Å². The highest BCUT2D eigenvalue weighted by atomic mass is 16.5. The van der Waals surface area contributed by atoms with Crippen molar-refractivity contribution < 1.29 is 9.47 Å². The van der Waals surface area contributed by atoms with Gasteiger partial charge in [0.15, 0.2) is 11.8 Å². The van der Waals surface area contributed by atoms with E-state index < -0.39 is 5.41 Å². The molecule has 2 aromatic rings. The molecule has 0 radical (unpaired) electrons. The van der Waals surface area contributed by atoms with Crippen LogP contribution in [0.5, 0.6) is 0 Å². The molecule has 2 aliphatic carbocycles. The largest absolute Gasteiger partial charge is 0.474 e. The highest BCUT2D eigenvalue weighted by Crippen LogP contribution is 2.46. The maximum Gasteiger partial charge on any atom is 0.199 e. The lowest BCUT2D eigenvalue weighted by Crippen LogP contribution is -2.36. The van der Waals surface area contributed by atoms with Crippen LogP contribution < -0.4 is 0 Å². The minimum atomic E-state index is -0.446. The first kappa shape index (κ1) is 15.4. The van der Waals surface area contributed by atoms with Crippen LogP contribution in [0.2, 0.25) is 0 Å². The highest BCUT2D eigenvalue weighted by molar-refractivity contribution is 6.05. The van der Waals surface area contributed by atoms with Crippen molar-refractivity contribution >= 4 is 11.8 Å². The van der Waals surface area contributed by atoms with Gasteiger partial charge in [-0.3, -0.25) is 0 Å². The molecular weight excluding hydrogens is 336 g/mol. The average molecular weight is 358 g/mol. The smallest absolute Gasteiger partial charge is 0.199 e. The summed E-state index contributed by atoms with van der Waals surface area (Å²) < 4.78 is 12.7. The second kappa shape index (κ2) is 5.22. The van der Waals surface area contributed by atoms with E-state index in [1.165, 1.54) is 22.3 Å². The van der Waals surface area contributed by atoms with Crippen LogP contribution in [-0.2, 0) is 22.3 Å². The minimum Gasteiger partial charge on any atom is -0.474 e. The van der Waals surface area contributed by atoms with Crippen LogP contribution in [-0.4, -0.2) is 24.0 Å². The molecule has 6 rings (SSSR count). The summed E-state index contributed by atoms with van der Waals surface area (Å²) in [7, 11) is 0. The SMILES string of the molecule is CC(C)(C1=N[C@@H]2c3ccccc3CC2O1)C1=NC2c3ccccc3C[C@@H]2O1. The van der Waals surface area contributed by atoms with Crippen LogP contribution >= 0.6 is 0 Å². The zero-order valence-corrected chi connectivity index (χ0v) is 15.6. The summed E-state index contributed by atoms with van der Waals surface area (Å²) in [4.78, 5) is 9.96. The Morgan fingerprint density at radius 2 is 1.19 bits per heavy atom. The molecule has 4 aliphatic rings. The molecular formula is C23H22N2O2. The van der Waals surface area contributed by atoms with E-state index in [9.17, 15) is 0 Å². The third-order valence-electron chi connectivity index (χ3n) is 6.40. The number of ether oxygens (including phenoxy) is 2. The van der Waals surface area contributed by atoms with Crippen molar-refractivity contribution in [3.8, 4) is 0 Å². The molecule has 0 saturated heterocycles. The predicted octanol–water partition coefficient (Wildman–Crippen LogP) is 4.20. The fourth-order valence-corrected chi connectivity index (χ4v) is 4.90. The summed E-state index contributed by atoms with van der Waals surface area (Å²) in [6.07, 6.45) is 2.07. The fourth-order valence-electron chi connectivity index (χ4n) is 4.90. The number of benzene rings is 2. The van der Waals surface area contributed by atoms with Crippen molar-refractivity contribution in [1.29, 1.82) is 0 Å². The van der Waals surface area contributed by atoms with Gasteiger partial charge < -0.3 is 9.47 Å². The highest BCUT2D eigenvalue weighted by Gasteiger charge is 2.50. The fraction of sp³-hybridized carbons (Fsp3) is 0.391. The van der Waals surface area contributed by atoms with Gasteiger partial charge in [0.25, 0.3) is 0 Å². The van der Waals surface area contributed by atoms with Crippen LogP contribution in [0.3, 0.4) is 0 Å². The Morgan fingerprint density at radius 3 is 1.67 bits per heavy atom. The van der Waals surface area contributed by atoms with E-state index in [1.807, 2.05) is 0 Å². The van der Waals surface area contributed by atoms with Crippen molar-refractivity contribution in [1.82, 2.24) is 0 Å². The zero-order chi connectivity index (χ0) is 18.2. The minimum absolute atomic E-state index is 0.109. The second-order valence-electron chi connectivity index (χ2n) is 8.50. The molecule has 2 aromatic carbocycles. The van der Waals surface area contributed by atoms with E-state index in [-0.39, 0.29) is 24.3 Å². The summed E-state index contributed by atoms with van der Waals surface area (Å²) >= 11 is 0. The average Bonchev–Trinajstić information content (AvgIpc) is 3.39. The van der Waals surface area contributed by atoms with Gasteiger partial charge in [0.2, 0.25) is 0 Å². The monoisotopic (exact) mass is 358 g/mol. The Bertz CT molecular complexity index is 927. The molecule has 0 saturated carbocycles. The maximum atomic E-state index is 6.33. The van der Waals surface area contributed by atoms with Gasteiger partial charge in [-0.25, -0.2) is 9.98 Å². The molecule has 0 bridgehead atoms. The molecule has 27 heavy (non-hydrogen) atoms. The van der Waals surface area contributed by atoms with Gasteiger partial charge in [0, 0.05) is 12.8 Å². The molecule has 0 spiro atoms. The standard InChI is InChI=1S/C23H22N2O2/c1-23(2,21-24-19-15-9-5-3-7-13(15)11-17(19)26-21)22-25-20-16-10-6-4-8-14(16)12-18(20)27-22/h3-10,17-20H,11-12H2,1-2H3/t17-,18?,19?,20+/m0/s1. The molecule has 4 nitrogen and oxygen atoms in total. The lowest BCUT2D eigenvalue weighted by atomic mass is 9.92. The summed E-state index contributed by atoms with van der Waals surface area (Å²) in [5.74, 6) is 1.53. The molecule has 2 unspecified atom stereocenters. The number of rotatable bonds is 2. The molecule has 136 valence electrons. The summed E-state index contributed by atoms with van der Waals surface area (Å²) in [6, 6.07) is 17.3. The normalized spacial score (nSPS) is 29.9. The Balaban J connectivity index is 1.32. The topological polar surface area (TPSA) is 43.2 Å². The van der Waals surface area contributed by atoms with Crippen molar-refractivity contribution in [2.45, 2.75) is 51.0 Å². The van der Waals surface area contributed by atoms with Gasteiger partial charge in [0.1, 0.15) is 29.7 Å². The van der Waals surface area contributed by atoms with Gasteiger partial charge in [-0.1, -0.05) is 48.5 Å². The van der Waals surface area contributed by atoms with E-state index in [2.05, 4.69) is 62.4 Å². The number of hydrogen-bond acceptors (Lipinski definition) is 4. The van der Waals surface area contributed by atoms with Crippen LogP contribution in [0.25, 0.3) is 0 Å². The van der Waals surface area contributed by atoms with Crippen molar-refractivity contribution in [2.75, 3.05) is 0 Å². The van der Waals surface area contributed by atoms with Gasteiger partial charge >= 0.3 is 0 Å². The molecule has 0 fully saturated rings. The molecule has 0 aromatic heterocycles. The first-order valence-electron chi connectivity index (χ1n) is 9.77. The lowest BCUT2D eigenvalue weighted by Gasteiger charge is -2.25. The number of fused-ring (bicyclic) bond motifs is 6. The lowest BCUT2D eigenvalue weighted by molar-refractivity contribution is 0.170. The molecule has 0 N–H and O–H groups in total. The van der Waals surface area contributed by atoms with Gasteiger partial charge in [-0.2, -0.15) is 0 Å². The van der Waals surface area contributed by atoms with E-state index in [1.54, 1.807) is 0 Å². The third kappa shape index (κ3) is 2.10. The quantitative estimate of drug-likeness (QED) is 0.807. The molecule has 2 heterocycles. The maximum absolute atomic E-state index is 6.33. The molecule has 0 amide bonds. The van der Waals surface area contributed by atoms with Crippen LogP contribution in [0.4, 0.5) is 0 Å². The van der Waals surface area contributed by atoms with Crippen molar-refractivity contribution in [3.05, 3.63) is 70.8 Å². The molecule has 4 atom stereocenters. The third-order valence-corrected chi connectivity index (χ3v) is 6.40. The first-order chi connectivity index (χ1) is 13.1. The molecule has 2 aliphatic heterocycles. The number of aliphatic imine (C=N–C) groups is 2. The van der Waals surface area contributed by atoms with Crippen LogP contribution in [0, 0.1) is 5.41 Å². The number of nitrogens with zero attached hydrogens (tertiary/aromatic N) is 2. The van der Waals surface area contributed by atoms with E-state index >= 15 is 0 Å². The van der Waals surface area contributed by atoms with Crippen LogP contribution in [0.1, 0.15) is 48.2 Å². The summed E-state index contributed by atoms with van der Waals surface area (Å²) in [5.41, 5.74) is 4.86. The first-order valence-corrected chi connectivity index (χ1v) is 9.77. The zero-order valence-electron chi connectivity index (χ0n) is 15.6. The second-order valence-corrected chi connectivity index (χ2v) is 8.50. The Labute approximate surface area is 158 Å².